The van der Waals surface area contributed by atoms with Gasteiger partial charge in [-0.05, 0) is 55.0 Å². The highest BCUT2D eigenvalue weighted by atomic mass is 35.5. The van der Waals surface area contributed by atoms with Crippen molar-refractivity contribution in [3.05, 3.63) is 33.8 Å². The van der Waals surface area contributed by atoms with Crippen LogP contribution in [0, 0.1) is 0 Å². The summed E-state index contributed by atoms with van der Waals surface area (Å²) in [4.78, 5) is 30.0. The first-order valence-corrected chi connectivity index (χ1v) is 10.3. The SMILES string of the molecule is C[C@H]1COCCN1C(=O)N1CCc2cc(Cl)cc([C@@H]3CCCN3C(=O)O)c2C1. The summed E-state index contributed by atoms with van der Waals surface area (Å²) in [6.45, 7) is 5.41. The van der Waals surface area contributed by atoms with Crippen molar-refractivity contribution in [3.63, 3.8) is 0 Å². The third kappa shape index (κ3) is 3.53. The van der Waals surface area contributed by atoms with Gasteiger partial charge in [0.2, 0.25) is 0 Å². The number of amides is 3. The number of benzene rings is 1. The van der Waals surface area contributed by atoms with Crippen molar-refractivity contribution in [2.45, 2.75) is 44.8 Å². The highest BCUT2D eigenvalue weighted by molar-refractivity contribution is 6.30. The molecule has 0 bridgehead atoms. The maximum Gasteiger partial charge on any atom is 0.407 e. The van der Waals surface area contributed by atoms with E-state index in [1.165, 1.54) is 4.90 Å². The summed E-state index contributed by atoms with van der Waals surface area (Å²) in [5.74, 6) is 0. The number of carbonyl (C=O) groups excluding carboxylic acids is 1. The molecule has 0 aromatic heterocycles. The number of hydrogen-bond acceptors (Lipinski definition) is 3. The first kappa shape index (κ1) is 19.3. The lowest BCUT2D eigenvalue weighted by atomic mass is 9.90. The Morgan fingerprint density at radius 3 is 2.79 bits per heavy atom. The number of likely N-dealkylation sites (tertiary alicyclic amines) is 1. The van der Waals surface area contributed by atoms with Crippen LogP contribution in [0.2, 0.25) is 5.02 Å². The second-order valence-electron chi connectivity index (χ2n) is 7.84. The predicted molar refractivity (Wildman–Crippen MR) is 105 cm³/mol. The molecule has 1 N–H and O–H groups in total. The molecule has 2 atom stereocenters. The fraction of sp³-hybridized carbons (Fsp3) is 0.600. The Balaban J connectivity index is 1.62. The van der Waals surface area contributed by atoms with Crippen LogP contribution in [0.25, 0.3) is 0 Å². The van der Waals surface area contributed by atoms with Gasteiger partial charge in [-0.15, -0.1) is 0 Å². The lowest BCUT2D eigenvalue weighted by Gasteiger charge is -2.40. The molecule has 1 aromatic rings. The largest absolute Gasteiger partial charge is 0.465 e. The topological polar surface area (TPSA) is 73.3 Å². The van der Waals surface area contributed by atoms with Crippen molar-refractivity contribution in [2.24, 2.45) is 0 Å². The Kier molecular flexibility index (Phi) is 5.38. The van der Waals surface area contributed by atoms with Gasteiger partial charge in [0.05, 0.1) is 25.3 Å². The van der Waals surface area contributed by atoms with Crippen molar-refractivity contribution >= 4 is 23.7 Å². The van der Waals surface area contributed by atoms with Gasteiger partial charge in [-0.3, -0.25) is 0 Å². The number of carbonyl (C=O) groups is 2. The Morgan fingerprint density at radius 2 is 2.04 bits per heavy atom. The summed E-state index contributed by atoms with van der Waals surface area (Å²) < 4.78 is 5.45. The van der Waals surface area contributed by atoms with Crippen molar-refractivity contribution in [3.8, 4) is 0 Å². The lowest BCUT2D eigenvalue weighted by molar-refractivity contribution is 0.00932. The molecule has 2 fully saturated rings. The molecular formula is C20H26ClN3O4. The van der Waals surface area contributed by atoms with Crippen molar-refractivity contribution in [1.82, 2.24) is 14.7 Å². The average molecular weight is 408 g/mol. The number of nitrogens with zero attached hydrogens (tertiary/aromatic N) is 3. The van der Waals surface area contributed by atoms with E-state index in [1.807, 2.05) is 28.9 Å². The number of urea groups is 1. The first-order valence-electron chi connectivity index (χ1n) is 9.89. The van der Waals surface area contributed by atoms with E-state index in [0.717, 1.165) is 36.0 Å². The molecular weight excluding hydrogens is 382 g/mol. The van der Waals surface area contributed by atoms with Crippen molar-refractivity contribution < 1.29 is 19.4 Å². The van der Waals surface area contributed by atoms with Crippen LogP contribution in [0.5, 0.6) is 0 Å². The van der Waals surface area contributed by atoms with E-state index >= 15 is 0 Å². The zero-order chi connectivity index (χ0) is 19.8. The summed E-state index contributed by atoms with van der Waals surface area (Å²) in [5.41, 5.74) is 3.14. The Bertz CT molecular complexity index is 787. The molecule has 3 amide bonds. The summed E-state index contributed by atoms with van der Waals surface area (Å²) >= 11 is 6.36. The molecule has 3 aliphatic heterocycles. The van der Waals surface area contributed by atoms with E-state index in [-0.39, 0.29) is 18.1 Å². The molecule has 0 spiro atoms. The Labute approximate surface area is 169 Å². The van der Waals surface area contributed by atoms with Crippen LogP contribution in [-0.4, -0.2) is 70.8 Å². The zero-order valence-corrected chi connectivity index (χ0v) is 16.8. The highest BCUT2D eigenvalue weighted by Gasteiger charge is 2.35. The smallest absolute Gasteiger partial charge is 0.407 e. The molecule has 3 heterocycles. The third-order valence-corrected chi connectivity index (χ3v) is 6.30. The Morgan fingerprint density at radius 1 is 1.21 bits per heavy atom. The number of carboxylic acid groups (broad SMARTS) is 1. The van der Waals surface area contributed by atoms with Crippen LogP contribution < -0.4 is 0 Å². The van der Waals surface area contributed by atoms with Gasteiger partial charge in [-0.2, -0.15) is 0 Å². The molecule has 0 radical (unpaired) electrons. The minimum absolute atomic E-state index is 0.0314. The monoisotopic (exact) mass is 407 g/mol. The molecule has 8 heteroatoms. The Hall–Kier alpha value is -1.99. The quantitative estimate of drug-likeness (QED) is 0.774. The average Bonchev–Trinajstić information content (AvgIpc) is 3.17. The molecule has 1 aromatic carbocycles. The van der Waals surface area contributed by atoms with E-state index in [4.69, 9.17) is 16.3 Å². The van der Waals surface area contributed by atoms with Crippen LogP contribution in [0.3, 0.4) is 0 Å². The van der Waals surface area contributed by atoms with Gasteiger partial charge in [-0.1, -0.05) is 11.6 Å². The third-order valence-electron chi connectivity index (χ3n) is 6.08. The number of hydrogen-bond donors (Lipinski definition) is 1. The lowest BCUT2D eigenvalue weighted by Crippen LogP contribution is -2.53. The van der Waals surface area contributed by atoms with Crippen LogP contribution in [0.4, 0.5) is 9.59 Å². The molecule has 0 saturated carbocycles. The number of ether oxygens (including phenoxy) is 1. The van der Waals surface area contributed by atoms with Gasteiger partial charge in [-0.25, -0.2) is 9.59 Å². The number of rotatable bonds is 1. The molecule has 7 nitrogen and oxygen atoms in total. The molecule has 2 saturated heterocycles. The maximum atomic E-state index is 13.1. The molecule has 3 aliphatic rings. The van der Waals surface area contributed by atoms with E-state index in [9.17, 15) is 14.7 Å². The van der Waals surface area contributed by atoms with Crippen molar-refractivity contribution in [2.75, 3.05) is 32.8 Å². The molecule has 28 heavy (non-hydrogen) atoms. The van der Waals surface area contributed by atoms with Crippen LogP contribution in [0.15, 0.2) is 12.1 Å². The summed E-state index contributed by atoms with van der Waals surface area (Å²) in [7, 11) is 0. The summed E-state index contributed by atoms with van der Waals surface area (Å²) in [6, 6.07) is 3.74. The van der Waals surface area contributed by atoms with E-state index in [2.05, 4.69) is 0 Å². The van der Waals surface area contributed by atoms with E-state index in [0.29, 0.717) is 44.4 Å². The van der Waals surface area contributed by atoms with Gasteiger partial charge in [0.25, 0.3) is 0 Å². The summed E-state index contributed by atoms with van der Waals surface area (Å²) in [5, 5.41) is 10.2. The summed E-state index contributed by atoms with van der Waals surface area (Å²) in [6.07, 6.45) is 1.45. The predicted octanol–water partition coefficient (Wildman–Crippen LogP) is 3.35. The fourth-order valence-electron chi connectivity index (χ4n) is 4.63. The maximum absolute atomic E-state index is 13.1. The van der Waals surface area contributed by atoms with Crippen LogP contribution >= 0.6 is 11.6 Å². The van der Waals surface area contributed by atoms with Gasteiger partial charge >= 0.3 is 12.1 Å². The second kappa shape index (κ2) is 7.79. The van der Waals surface area contributed by atoms with Gasteiger partial charge < -0.3 is 24.5 Å². The minimum Gasteiger partial charge on any atom is -0.465 e. The molecule has 152 valence electrons. The normalized spacial score (nSPS) is 25.0. The molecule has 0 aliphatic carbocycles. The number of fused-ring (bicyclic) bond motifs is 1. The number of morpholine rings is 1. The first-order chi connectivity index (χ1) is 13.5. The standard InChI is InChI=1S/C20H26ClN3O4/c1-13-12-28-8-7-23(13)19(25)22-6-4-14-9-15(21)10-16(17(14)11-22)18-3-2-5-24(18)20(26)27/h9-10,13,18H,2-8,11-12H2,1H3,(H,26,27)/t13-,18-/m0/s1. The second-order valence-corrected chi connectivity index (χ2v) is 8.27. The highest BCUT2D eigenvalue weighted by Crippen LogP contribution is 2.38. The zero-order valence-electron chi connectivity index (χ0n) is 16.1. The molecule has 4 rings (SSSR count). The van der Waals surface area contributed by atoms with Crippen LogP contribution in [0.1, 0.15) is 42.5 Å². The fourth-order valence-corrected chi connectivity index (χ4v) is 4.88. The van der Waals surface area contributed by atoms with E-state index in [1.54, 1.807) is 0 Å². The number of halogens is 1. The van der Waals surface area contributed by atoms with E-state index < -0.39 is 6.09 Å². The van der Waals surface area contributed by atoms with Gasteiger partial charge in [0.15, 0.2) is 0 Å². The van der Waals surface area contributed by atoms with Crippen molar-refractivity contribution in [1.29, 1.82) is 0 Å². The van der Waals surface area contributed by atoms with Gasteiger partial charge in [0, 0.05) is 31.2 Å². The molecule has 0 unspecified atom stereocenters. The van der Waals surface area contributed by atoms with Gasteiger partial charge in [0.1, 0.15) is 0 Å². The minimum atomic E-state index is -0.901. The van der Waals surface area contributed by atoms with Crippen LogP contribution in [-0.2, 0) is 17.7 Å².